The first-order valence-corrected chi connectivity index (χ1v) is 5.70. The summed E-state index contributed by atoms with van der Waals surface area (Å²) in [7, 11) is 0. The van der Waals surface area contributed by atoms with Gasteiger partial charge in [0.2, 0.25) is 5.89 Å². The normalized spacial score (nSPS) is 10.4. The van der Waals surface area contributed by atoms with E-state index in [0.717, 1.165) is 0 Å². The number of aromatic carboxylic acids is 1. The Morgan fingerprint density at radius 2 is 2.32 bits per heavy atom. The Bertz CT molecular complexity index is 626. The van der Waals surface area contributed by atoms with Gasteiger partial charge < -0.3 is 20.7 Å². The summed E-state index contributed by atoms with van der Waals surface area (Å²) in [4.78, 5) is 15.1. The molecule has 0 aliphatic rings. The van der Waals surface area contributed by atoms with Gasteiger partial charge in [0.25, 0.3) is 0 Å². The number of carboxylic acids is 1. The maximum atomic E-state index is 11.1. The molecule has 0 radical (unpaired) electrons. The summed E-state index contributed by atoms with van der Waals surface area (Å²) >= 11 is 5.98. The molecule has 2 rings (SSSR count). The molecule has 0 unspecified atom stereocenters. The van der Waals surface area contributed by atoms with Crippen LogP contribution in [0.1, 0.15) is 22.1 Å². The van der Waals surface area contributed by atoms with Crippen LogP contribution in [-0.4, -0.2) is 21.2 Å². The van der Waals surface area contributed by atoms with Gasteiger partial charge in [0.15, 0.2) is 5.82 Å². The van der Waals surface area contributed by atoms with Crippen molar-refractivity contribution in [2.45, 2.75) is 13.5 Å². The summed E-state index contributed by atoms with van der Waals surface area (Å²) in [6, 6.07) is 2.80. The average molecular weight is 283 g/mol. The molecule has 100 valence electrons. The Morgan fingerprint density at radius 1 is 1.58 bits per heavy atom. The van der Waals surface area contributed by atoms with E-state index < -0.39 is 5.97 Å². The van der Waals surface area contributed by atoms with Crippen LogP contribution >= 0.6 is 11.6 Å². The summed E-state index contributed by atoms with van der Waals surface area (Å²) in [5, 5.41) is 15.8. The molecule has 0 spiro atoms. The van der Waals surface area contributed by atoms with Gasteiger partial charge in [0.05, 0.1) is 22.8 Å². The SMILES string of the molecule is Cc1noc(CNc2c(Cl)cc(N)cc2C(=O)O)n1. The van der Waals surface area contributed by atoms with E-state index in [1.807, 2.05) is 0 Å². The Kier molecular flexibility index (Phi) is 3.57. The average Bonchev–Trinajstić information content (AvgIpc) is 2.73. The lowest BCUT2D eigenvalue weighted by Gasteiger charge is -2.10. The molecule has 0 aliphatic carbocycles. The summed E-state index contributed by atoms with van der Waals surface area (Å²) in [6.45, 7) is 1.86. The number of benzene rings is 1. The van der Waals surface area contributed by atoms with Gasteiger partial charge >= 0.3 is 5.97 Å². The van der Waals surface area contributed by atoms with Crippen LogP contribution in [0, 0.1) is 6.92 Å². The molecule has 0 aliphatic heterocycles. The number of aryl methyl sites for hydroxylation is 1. The van der Waals surface area contributed by atoms with Crippen LogP contribution in [0.4, 0.5) is 11.4 Å². The first-order valence-electron chi connectivity index (χ1n) is 5.32. The molecule has 2 aromatic rings. The van der Waals surface area contributed by atoms with E-state index in [1.54, 1.807) is 6.92 Å². The molecule has 0 amide bonds. The third kappa shape index (κ3) is 2.94. The number of hydrogen-bond donors (Lipinski definition) is 3. The van der Waals surface area contributed by atoms with Crippen LogP contribution in [0.2, 0.25) is 5.02 Å². The lowest BCUT2D eigenvalue weighted by Crippen LogP contribution is -2.08. The van der Waals surface area contributed by atoms with E-state index in [9.17, 15) is 4.79 Å². The fraction of sp³-hybridized carbons (Fsp3) is 0.182. The smallest absolute Gasteiger partial charge is 0.337 e. The zero-order valence-corrected chi connectivity index (χ0v) is 10.7. The minimum Gasteiger partial charge on any atom is -0.478 e. The van der Waals surface area contributed by atoms with Gasteiger partial charge in [0.1, 0.15) is 0 Å². The van der Waals surface area contributed by atoms with Gasteiger partial charge in [-0.05, 0) is 19.1 Å². The number of anilines is 2. The molecule has 0 bridgehead atoms. The lowest BCUT2D eigenvalue weighted by atomic mass is 10.1. The second-order valence-electron chi connectivity index (χ2n) is 3.82. The fourth-order valence-corrected chi connectivity index (χ4v) is 1.85. The molecule has 4 N–H and O–H groups in total. The highest BCUT2D eigenvalue weighted by Gasteiger charge is 2.15. The predicted octanol–water partition coefficient (Wildman–Crippen LogP) is 1.92. The lowest BCUT2D eigenvalue weighted by molar-refractivity contribution is 0.0698. The van der Waals surface area contributed by atoms with Gasteiger partial charge in [-0.15, -0.1) is 0 Å². The zero-order valence-electron chi connectivity index (χ0n) is 9.98. The Balaban J connectivity index is 2.26. The van der Waals surface area contributed by atoms with E-state index in [1.165, 1.54) is 12.1 Å². The Morgan fingerprint density at radius 3 is 2.89 bits per heavy atom. The second kappa shape index (κ2) is 5.15. The number of aromatic nitrogens is 2. The van der Waals surface area contributed by atoms with Gasteiger partial charge in [-0.3, -0.25) is 0 Å². The van der Waals surface area contributed by atoms with Crippen molar-refractivity contribution in [1.82, 2.24) is 10.1 Å². The third-order valence-corrected chi connectivity index (χ3v) is 2.63. The summed E-state index contributed by atoms with van der Waals surface area (Å²) in [5.41, 5.74) is 6.09. The van der Waals surface area contributed by atoms with Crippen LogP contribution < -0.4 is 11.1 Å². The van der Waals surface area contributed by atoms with Gasteiger partial charge in [0, 0.05) is 5.69 Å². The second-order valence-corrected chi connectivity index (χ2v) is 4.23. The summed E-state index contributed by atoms with van der Waals surface area (Å²) in [6.07, 6.45) is 0. The zero-order chi connectivity index (χ0) is 14.0. The van der Waals surface area contributed by atoms with Crippen molar-refractivity contribution in [3.8, 4) is 0 Å². The van der Waals surface area contributed by atoms with Gasteiger partial charge in [-0.25, -0.2) is 4.79 Å². The van der Waals surface area contributed by atoms with Crippen LogP contribution in [0.25, 0.3) is 0 Å². The molecule has 1 heterocycles. The number of halogens is 1. The monoisotopic (exact) mass is 282 g/mol. The molecule has 1 aromatic carbocycles. The van der Waals surface area contributed by atoms with Crippen molar-refractivity contribution >= 4 is 28.9 Å². The molecule has 19 heavy (non-hydrogen) atoms. The fourth-order valence-electron chi connectivity index (χ4n) is 1.55. The van der Waals surface area contributed by atoms with Crippen molar-refractivity contribution in [2.75, 3.05) is 11.1 Å². The number of nitrogens with two attached hydrogens (primary N) is 1. The maximum absolute atomic E-state index is 11.1. The number of rotatable bonds is 4. The predicted molar refractivity (Wildman–Crippen MR) is 69.2 cm³/mol. The van der Waals surface area contributed by atoms with E-state index in [4.69, 9.17) is 27.0 Å². The maximum Gasteiger partial charge on any atom is 0.337 e. The summed E-state index contributed by atoms with van der Waals surface area (Å²) in [5.74, 6) is -0.293. The molecular formula is C11H11ClN4O3. The van der Waals surface area contributed by atoms with Crippen molar-refractivity contribution in [2.24, 2.45) is 0 Å². The number of carboxylic acid groups (broad SMARTS) is 1. The Labute approximate surface area is 113 Å². The van der Waals surface area contributed by atoms with Gasteiger partial charge in [-0.1, -0.05) is 16.8 Å². The van der Waals surface area contributed by atoms with Crippen molar-refractivity contribution in [3.63, 3.8) is 0 Å². The standard InChI is InChI=1S/C11H11ClN4O3/c1-5-15-9(19-16-5)4-14-10-7(11(17)18)2-6(13)3-8(10)12/h2-3,14H,4,13H2,1H3,(H,17,18). The topological polar surface area (TPSA) is 114 Å². The molecule has 0 saturated carbocycles. The highest BCUT2D eigenvalue weighted by atomic mass is 35.5. The first kappa shape index (κ1) is 13.2. The van der Waals surface area contributed by atoms with Crippen molar-refractivity contribution in [3.05, 3.63) is 34.4 Å². The largest absolute Gasteiger partial charge is 0.478 e. The molecule has 0 fully saturated rings. The molecular weight excluding hydrogens is 272 g/mol. The van der Waals surface area contributed by atoms with E-state index in [2.05, 4.69) is 15.5 Å². The van der Waals surface area contributed by atoms with E-state index >= 15 is 0 Å². The number of nitrogens with one attached hydrogen (secondary N) is 1. The van der Waals surface area contributed by atoms with Gasteiger partial charge in [-0.2, -0.15) is 4.98 Å². The van der Waals surface area contributed by atoms with E-state index in [-0.39, 0.29) is 28.5 Å². The molecule has 0 atom stereocenters. The third-order valence-electron chi connectivity index (χ3n) is 2.33. The summed E-state index contributed by atoms with van der Waals surface area (Å²) < 4.78 is 4.91. The van der Waals surface area contributed by atoms with E-state index in [0.29, 0.717) is 11.7 Å². The number of hydrogen-bond acceptors (Lipinski definition) is 6. The molecule has 8 heteroatoms. The first-order chi connectivity index (χ1) is 8.97. The highest BCUT2D eigenvalue weighted by molar-refractivity contribution is 6.34. The van der Waals surface area contributed by atoms with Crippen LogP contribution in [0.3, 0.4) is 0 Å². The number of carbonyl (C=O) groups is 1. The van der Waals surface area contributed by atoms with Crippen molar-refractivity contribution in [1.29, 1.82) is 0 Å². The number of nitrogens with zero attached hydrogens (tertiary/aromatic N) is 2. The molecule has 0 saturated heterocycles. The number of nitrogen functional groups attached to an aromatic ring is 1. The molecule has 1 aromatic heterocycles. The van der Waals surface area contributed by atoms with Crippen LogP contribution in [-0.2, 0) is 6.54 Å². The van der Waals surface area contributed by atoms with Crippen molar-refractivity contribution < 1.29 is 14.4 Å². The quantitative estimate of drug-likeness (QED) is 0.734. The van der Waals surface area contributed by atoms with Crippen LogP contribution in [0.5, 0.6) is 0 Å². The Hall–Kier alpha value is -2.28. The molecule has 7 nitrogen and oxygen atoms in total. The highest BCUT2D eigenvalue weighted by Crippen LogP contribution is 2.29. The minimum atomic E-state index is -1.13. The minimum absolute atomic E-state index is 0.0127. The van der Waals surface area contributed by atoms with Crippen LogP contribution in [0.15, 0.2) is 16.7 Å².